The van der Waals surface area contributed by atoms with Crippen molar-refractivity contribution in [1.82, 2.24) is 0 Å². The first-order valence-electron chi connectivity index (χ1n) is 6.67. The summed E-state index contributed by atoms with van der Waals surface area (Å²) in [5.41, 5.74) is 2.74. The summed E-state index contributed by atoms with van der Waals surface area (Å²) >= 11 is 0. The highest BCUT2D eigenvalue weighted by molar-refractivity contribution is 5.88. The van der Waals surface area contributed by atoms with E-state index in [1.165, 1.54) is 6.92 Å². The third-order valence-electron chi connectivity index (χ3n) is 2.88. The number of rotatable bonds is 4. The van der Waals surface area contributed by atoms with Gasteiger partial charge in [-0.1, -0.05) is 29.8 Å². The molecule has 0 heterocycles. The van der Waals surface area contributed by atoms with Gasteiger partial charge in [0.2, 0.25) is 5.91 Å². The van der Waals surface area contributed by atoms with Gasteiger partial charge in [-0.05, 0) is 36.8 Å². The number of amides is 1. The van der Waals surface area contributed by atoms with E-state index in [0.717, 1.165) is 11.1 Å². The van der Waals surface area contributed by atoms with Crippen LogP contribution in [0.5, 0.6) is 5.75 Å². The average molecular weight is 283 g/mol. The van der Waals surface area contributed by atoms with Crippen molar-refractivity contribution in [3.8, 4) is 5.75 Å². The van der Waals surface area contributed by atoms with Crippen LogP contribution in [0.3, 0.4) is 0 Å². The number of carbonyl (C=O) groups excluding carboxylic acids is 2. The molecule has 0 fully saturated rings. The standard InChI is InChI=1S/C17H17NO3/c1-12-3-5-14(6-4-12)11-17(20)21-16-9-7-15(8-10-16)18-13(2)19/h3-10H,11H2,1-2H3,(H,18,19). The Morgan fingerprint density at radius 2 is 1.62 bits per heavy atom. The van der Waals surface area contributed by atoms with Gasteiger partial charge in [-0.15, -0.1) is 0 Å². The number of hydrogen-bond donors (Lipinski definition) is 1. The van der Waals surface area contributed by atoms with E-state index in [1.54, 1.807) is 24.3 Å². The smallest absolute Gasteiger partial charge is 0.315 e. The molecular weight excluding hydrogens is 266 g/mol. The summed E-state index contributed by atoms with van der Waals surface area (Å²) in [7, 11) is 0. The van der Waals surface area contributed by atoms with Gasteiger partial charge in [0.25, 0.3) is 0 Å². The van der Waals surface area contributed by atoms with Crippen LogP contribution in [0.2, 0.25) is 0 Å². The normalized spacial score (nSPS) is 10.0. The van der Waals surface area contributed by atoms with Crippen LogP contribution in [-0.2, 0) is 16.0 Å². The summed E-state index contributed by atoms with van der Waals surface area (Å²) in [6.45, 7) is 3.44. The highest BCUT2D eigenvalue weighted by atomic mass is 16.5. The summed E-state index contributed by atoms with van der Waals surface area (Å²) in [5, 5.41) is 2.65. The largest absolute Gasteiger partial charge is 0.426 e. The molecule has 0 atom stereocenters. The third-order valence-corrected chi connectivity index (χ3v) is 2.88. The van der Waals surface area contributed by atoms with Crippen molar-refractivity contribution in [3.63, 3.8) is 0 Å². The van der Waals surface area contributed by atoms with Crippen LogP contribution in [0, 0.1) is 6.92 Å². The fraction of sp³-hybridized carbons (Fsp3) is 0.176. The molecule has 0 aliphatic heterocycles. The Hall–Kier alpha value is -2.62. The highest BCUT2D eigenvalue weighted by Gasteiger charge is 2.06. The third kappa shape index (κ3) is 4.76. The Bertz CT molecular complexity index is 630. The molecule has 0 saturated heterocycles. The average Bonchev–Trinajstić information content (AvgIpc) is 2.43. The summed E-state index contributed by atoms with van der Waals surface area (Å²) in [6.07, 6.45) is 0.230. The van der Waals surface area contributed by atoms with Crippen molar-refractivity contribution in [3.05, 3.63) is 59.7 Å². The molecule has 0 aliphatic rings. The molecule has 2 aromatic rings. The molecule has 0 aromatic heterocycles. The lowest BCUT2D eigenvalue weighted by Gasteiger charge is -2.06. The zero-order chi connectivity index (χ0) is 15.2. The van der Waals surface area contributed by atoms with Gasteiger partial charge in [0.1, 0.15) is 5.75 Å². The predicted molar refractivity (Wildman–Crippen MR) is 81.3 cm³/mol. The van der Waals surface area contributed by atoms with Crippen LogP contribution in [0.15, 0.2) is 48.5 Å². The van der Waals surface area contributed by atoms with E-state index in [9.17, 15) is 9.59 Å². The molecule has 0 saturated carbocycles. The second kappa shape index (κ2) is 6.70. The number of hydrogen-bond acceptors (Lipinski definition) is 3. The molecule has 21 heavy (non-hydrogen) atoms. The van der Waals surface area contributed by atoms with Gasteiger partial charge >= 0.3 is 5.97 Å². The molecule has 0 spiro atoms. The lowest BCUT2D eigenvalue weighted by atomic mass is 10.1. The van der Waals surface area contributed by atoms with Gasteiger partial charge in [0, 0.05) is 12.6 Å². The van der Waals surface area contributed by atoms with Crippen molar-refractivity contribution < 1.29 is 14.3 Å². The number of aryl methyl sites for hydroxylation is 1. The van der Waals surface area contributed by atoms with Gasteiger partial charge in [0.15, 0.2) is 0 Å². The van der Waals surface area contributed by atoms with E-state index in [2.05, 4.69) is 5.32 Å². The van der Waals surface area contributed by atoms with Crippen LogP contribution in [-0.4, -0.2) is 11.9 Å². The van der Waals surface area contributed by atoms with Crippen molar-refractivity contribution in [2.24, 2.45) is 0 Å². The molecule has 0 aliphatic carbocycles. The fourth-order valence-corrected chi connectivity index (χ4v) is 1.85. The van der Waals surface area contributed by atoms with Crippen LogP contribution < -0.4 is 10.1 Å². The molecule has 1 N–H and O–H groups in total. The summed E-state index contributed by atoms with van der Waals surface area (Å²) < 4.78 is 5.26. The number of benzene rings is 2. The first-order valence-corrected chi connectivity index (χ1v) is 6.67. The van der Waals surface area contributed by atoms with E-state index < -0.39 is 0 Å². The molecule has 108 valence electrons. The number of ether oxygens (including phenoxy) is 1. The lowest BCUT2D eigenvalue weighted by molar-refractivity contribution is -0.133. The van der Waals surface area contributed by atoms with Crippen LogP contribution >= 0.6 is 0 Å². The maximum atomic E-state index is 11.8. The summed E-state index contributed by atoms with van der Waals surface area (Å²) in [5.74, 6) is 0.00598. The molecule has 0 radical (unpaired) electrons. The molecule has 0 unspecified atom stereocenters. The highest BCUT2D eigenvalue weighted by Crippen LogP contribution is 2.16. The first-order chi connectivity index (χ1) is 10.0. The molecular formula is C17H17NO3. The Balaban J connectivity index is 1.93. The maximum absolute atomic E-state index is 11.8. The van der Waals surface area contributed by atoms with E-state index in [-0.39, 0.29) is 18.3 Å². The Labute approximate surface area is 123 Å². The second-order valence-electron chi connectivity index (χ2n) is 4.84. The predicted octanol–water partition coefficient (Wildman–Crippen LogP) is 3.10. The molecule has 4 nitrogen and oxygen atoms in total. The summed E-state index contributed by atoms with van der Waals surface area (Å²) in [6, 6.07) is 14.4. The van der Waals surface area contributed by atoms with Crippen LogP contribution in [0.1, 0.15) is 18.1 Å². The zero-order valence-electron chi connectivity index (χ0n) is 12.1. The van der Waals surface area contributed by atoms with Gasteiger partial charge in [-0.2, -0.15) is 0 Å². The minimum atomic E-state index is -0.314. The monoisotopic (exact) mass is 283 g/mol. The molecule has 2 rings (SSSR count). The van der Waals surface area contributed by atoms with Gasteiger partial charge in [0.05, 0.1) is 6.42 Å². The van der Waals surface area contributed by atoms with Gasteiger partial charge in [-0.25, -0.2) is 0 Å². The Kier molecular flexibility index (Phi) is 4.72. The minimum absolute atomic E-state index is 0.140. The summed E-state index contributed by atoms with van der Waals surface area (Å²) in [4.78, 5) is 22.7. The quantitative estimate of drug-likeness (QED) is 0.693. The number of anilines is 1. The van der Waals surface area contributed by atoms with E-state index in [0.29, 0.717) is 11.4 Å². The molecule has 0 bridgehead atoms. The number of esters is 1. The maximum Gasteiger partial charge on any atom is 0.315 e. The van der Waals surface area contributed by atoms with Crippen molar-refractivity contribution >= 4 is 17.6 Å². The minimum Gasteiger partial charge on any atom is -0.426 e. The lowest BCUT2D eigenvalue weighted by Crippen LogP contribution is -2.11. The second-order valence-corrected chi connectivity index (χ2v) is 4.84. The van der Waals surface area contributed by atoms with Gasteiger partial charge in [-0.3, -0.25) is 9.59 Å². The number of carbonyl (C=O) groups is 2. The Morgan fingerprint density at radius 1 is 1.00 bits per heavy atom. The first kappa shape index (κ1) is 14.8. The molecule has 4 heteroatoms. The van der Waals surface area contributed by atoms with Gasteiger partial charge < -0.3 is 10.1 Å². The molecule has 2 aromatic carbocycles. The SMILES string of the molecule is CC(=O)Nc1ccc(OC(=O)Cc2ccc(C)cc2)cc1. The Morgan fingerprint density at radius 3 is 2.19 bits per heavy atom. The van der Waals surface area contributed by atoms with E-state index in [1.807, 2.05) is 31.2 Å². The fourth-order valence-electron chi connectivity index (χ4n) is 1.85. The topological polar surface area (TPSA) is 55.4 Å². The van der Waals surface area contributed by atoms with Crippen LogP contribution in [0.25, 0.3) is 0 Å². The van der Waals surface area contributed by atoms with E-state index >= 15 is 0 Å². The van der Waals surface area contributed by atoms with E-state index in [4.69, 9.17) is 4.74 Å². The van der Waals surface area contributed by atoms with Crippen molar-refractivity contribution in [2.45, 2.75) is 20.3 Å². The van der Waals surface area contributed by atoms with Crippen molar-refractivity contribution in [1.29, 1.82) is 0 Å². The molecule has 1 amide bonds. The zero-order valence-corrected chi connectivity index (χ0v) is 12.1. The van der Waals surface area contributed by atoms with Crippen LogP contribution in [0.4, 0.5) is 5.69 Å². The number of nitrogens with one attached hydrogen (secondary N) is 1. The van der Waals surface area contributed by atoms with Crippen molar-refractivity contribution in [2.75, 3.05) is 5.32 Å².